The maximum absolute atomic E-state index is 2.49. The topological polar surface area (TPSA) is 0 Å². The van der Waals surface area contributed by atoms with Crippen LogP contribution in [0.2, 0.25) is 0 Å². The van der Waals surface area contributed by atoms with Crippen molar-refractivity contribution in [1.82, 2.24) is 0 Å². The van der Waals surface area contributed by atoms with E-state index >= 15 is 0 Å². The highest BCUT2D eigenvalue weighted by molar-refractivity contribution is 7.12. The summed E-state index contributed by atoms with van der Waals surface area (Å²) in [7, 11) is 0. The molecule has 0 bridgehead atoms. The first-order valence-electron chi connectivity index (χ1n) is 6.00. The van der Waals surface area contributed by atoms with Crippen molar-refractivity contribution in [3.8, 4) is 0 Å². The van der Waals surface area contributed by atoms with E-state index in [-0.39, 0.29) is 0 Å². The molecule has 1 aliphatic carbocycles. The zero-order chi connectivity index (χ0) is 9.80. The highest BCUT2D eigenvalue weighted by atomic mass is 32.1. The van der Waals surface area contributed by atoms with Crippen molar-refractivity contribution in [1.29, 1.82) is 0 Å². The Kier molecular flexibility index (Phi) is 3.63. The van der Waals surface area contributed by atoms with E-state index in [4.69, 9.17) is 0 Å². The molecule has 0 aromatic carbocycles. The van der Waals surface area contributed by atoms with Crippen LogP contribution in [0.25, 0.3) is 0 Å². The van der Waals surface area contributed by atoms with E-state index in [0.717, 1.165) is 0 Å². The van der Waals surface area contributed by atoms with Gasteiger partial charge in [0.1, 0.15) is 0 Å². The lowest BCUT2D eigenvalue weighted by Crippen LogP contribution is -1.81. The van der Waals surface area contributed by atoms with Gasteiger partial charge in [0, 0.05) is 9.75 Å². The summed E-state index contributed by atoms with van der Waals surface area (Å²) in [5.74, 6) is 0. The van der Waals surface area contributed by atoms with Crippen LogP contribution < -0.4 is 0 Å². The molecule has 1 aliphatic rings. The van der Waals surface area contributed by atoms with Crippen LogP contribution in [0, 0.1) is 0 Å². The highest BCUT2D eigenvalue weighted by Gasteiger charge is 2.11. The first-order chi connectivity index (χ1) is 6.90. The molecule has 0 atom stereocenters. The van der Waals surface area contributed by atoms with Crippen molar-refractivity contribution in [2.75, 3.05) is 0 Å². The van der Waals surface area contributed by atoms with Crippen LogP contribution in [-0.4, -0.2) is 0 Å². The molecule has 1 heterocycles. The third kappa shape index (κ3) is 2.38. The molecule has 0 spiro atoms. The molecule has 0 N–H and O–H groups in total. The Morgan fingerprint density at radius 2 is 2.07 bits per heavy atom. The molecule has 14 heavy (non-hydrogen) atoms. The number of thiophene rings is 1. The van der Waals surface area contributed by atoms with Gasteiger partial charge in [-0.15, -0.1) is 11.3 Å². The van der Waals surface area contributed by atoms with E-state index < -0.39 is 0 Å². The second kappa shape index (κ2) is 4.97. The predicted octanol–water partition coefficient (Wildman–Crippen LogP) is 4.36. The summed E-state index contributed by atoms with van der Waals surface area (Å²) >= 11 is 2.09. The number of hydrogen-bond acceptors (Lipinski definition) is 1. The molecule has 1 heteroatoms. The van der Waals surface area contributed by atoms with Crippen molar-refractivity contribution >= 4 is 11.3 Å². The van der Waals surface area contributed by atoms with Crippen molar-refractivity contribution in [3.05, 3.63) is 21.4 Å². The largest absolute Gasteiger partial charge is 0.145 e. The average Bonchev–Trinajstić information content (AvgIpc) is 2.46. The zero-order valence-electron chi connectivity index (χ0n) is 9.14. The van der Waals surface area contributed by atoms with Gasteiger partial charge in [-0.1, -0.05) is 19.8 Å². The van der Waals surface area contributed by atoms with E-state index in [2.05, 4.69) is 24.3 Å². The van der Waals surface area contributed by atoms with Gasteiger partial charge >= 0.3 is 0 Å². The Morgan fingerprint density at radius 1 is 1.21 bits per heavy atom. The van der Waals surface area contributed by atoms with E-state index in [9.17, 15) is 0 Å². The molecule has 78 valence electrons. The molecule has 1 aromatic rings. The summed E-state index contributed by atoms with van der Waals surface area (Å²) in [4.78, 5) is 3.34. The fraction of sp³-hybridized carbons (Fsp3) is 0.692. The normalized spacial score (nSPS) is 16.4. The molecule has 0 radical (unpaired) electrons. The highest BCUT2D eigenvalue weighted by Crippen LogP contribution is 2.29. The van der Waals surface area contributed by atoms with E-state index in [1.807, 2.05) is 0 Å². The first-order valence-corrected chi connectivity index (χ1v) is 6.82. The van der Waals surface area contributed by atoms with Gasteiger partial charge in [0.05, 0.1) is 0 Å². The number of fused-ring (bicyclic) bond motifs is 1. The Morgan fingerprint density at radius 3 is 2.93 bits per heavy atom. The second-order valence-electron chi connectivity index (χ2n) is 4.33. The number of rotatable bonds is 3. The summed E-state index contributed by atoms with van der Waals surface area (Å²) in [5.41, 5.74) is 1.68. The van der Waals surface area contributed by atoms with Crippen LogP contribution in [-0.2, 0) is 19.3 Å². The molecule has 1 aromatic heterocycles. The number of hydrogen-bond donors (Lipinski definition) is 0. The summed E-state index contributed by atoms with van der Waals surface area (Å²) in [6.45, 7) is 2.28. The molecule has 0 aliphatic heterocycles. The fourth-order valence-corrected chi connectivity index (χ4v) is 3.51. The predicted molar refractivity (Wildman–Crippen MR) is 64.2 cm³/mol. The van der Waals surface area contributed by atoms with Crippen LogP contribution >= 0.6 is 11.3 Å². The lowest BCUT2D eigenvalue weighted by Gasteiger charge is -1.94. The van der Waals surface area contributed by atoms with Crippen LogP contribution in [0.3, 0.4) is 0 Å². The molecule has 0 amide bonds. The SMILES string of the molecule is CCCCc1cc2c(s1)CCCCC2. The standard InChI is InChI=1S/C13H20S/c1-2-3-8-12-10-11-7-5-4-6-9-13(11)14-12/h10H,2-9H2,1H3. The molecular weight excluding hydrogens is 188 g/mol. The maximum Gasteiger partial charge on any atom is 0.00801 e. The monoisotopic (exact) mass is 208 g/mol. The Labute approximate surface area is 91.4 Å². The van der Waals surface area contributed by atoms with E-state index in [1.165, 1.54) is 51.4 Å². The third-order valence-corrected chi connectivity index (χ3v) is 4.37. The fourth-order valence-electron chi connectivity index (χ4n) is 2.20. The number of aryl methyl sites for hydroxylation is 3. The van der Waals surface area contributed by atoms with Crippen LogP contribution in [0.15, 0.2) is 6.07 Å². The molecule has 0 nitrogen and oxygen atoms in total. The first kappa shape index (κ1) is 10.2. The molecular formula is C13H20S. The Hall–Kier alpha value is -0.300. The van der Waals surface area contributed by atoms with Gasteiger partial charge in [0.25, 0.3) is 0 Å². The third-order valence-electron chi connectivity index (χ3n) is 3.07. The van der Waals surface area contributed by atoms with Gasteiger partial charge in [-0.3, -0.25) is 0 Å². The lowest BCUT2D eigenvalue weighted by atomic mass is 10.1. The van der Waals surface area contributed by atoms with Crippen LogP contribution in [0.4, 0.5) is 0 Å². The van der Waals surface area contributed by atoms with Crippen LogP contribution in [0.5, 0.6) is 0 Å². The van der Waals surface area contributed by atoms with Gasteiger partial charge < -0.3 is 0 Å². The van der Waals surface area contributed by atoms with Gasteiger partial charge in [0.2, 0.25) is 0 Å². The minimum Gasteiger partial charge on any atom is -0.145 e. The molecule has 0 saturated heterocycles. The minimum atomic E-state index is 1.31. The van der Waals surface area contributed by atoms with E-state index in [1.54, 1.807) is 15.3 Å². The lowest BCUT2D eigenvalue weighted by molar-refractivity contribution is 0.712. The van der Waals surface area contributed by atoms with Crippen molar-refractivity contribution in [2.24, 2.45) is 0 Å². The summed E-state index contributed by atoms with van der Waals surface area (Å²) in [5, 5.41) is 0. The van der Waals surface area contributed by atoms with E-state index in [0.29, 0.717) is 0 Å². The molecule has 0 fully saturated rings. The minimum absolute atomic E-state index is 1.31. The second-order valence-corrected chi connectivity index (χ2v) is 5.55. The summed E-state index contributed by atoms with van der Waals surface area (Å²) in [6.07, 6.45) is 11.0. The summed E-state index contributed by atoms with van der Waals surface area (Å²) < 4.78 is 0. The van der Waals surface area contributed by atoms with Gasteiger partial charge in [0.15, 0.2) is 0 Å². The van der Waals surface area contributed by atoms with Gasteiger partial charge in [-0.2, -0.15) is 0 Å². The molecule has 0 saturated carbocycles. The quantitative estimate of drug-likeness (QED) is 0.647. The van der Waals surface area contributed by atoms with Gasteiger partial charge in [-0.05, 0) is 50.2 Å². The Bertz CT molecular complexity index is 262. The average molecular weight is 208 g/mol. The number of unbranched alkanes of at least 4 members (excludes halogenated alkanes) is 1. The maximum atomic E-state index is 2.49. The van der Waals surface area contributed by atoms with Gasteiger partial charge in [-0.25, -0.2) is 0 Å². The van der Waals surface area contributed by atoms with Crippen LogP contribution in [0.1, 0.15) is 54.3 Å². The van der Waals surface area contributed by atoms with Crippen molar-refractivity contribution < 1.29 is 0 Å². The summed E-state index contributed by atoms with van der Waals surface area (Å²) in [6, 6.07) is 2.49. The smallest absolute Gasteiger partial charge is 0.00801 e. The molecule has 2 rings (SSSR count). The Balaban J connectivity index is 2.06. The van der Waals surface area contributed by atoms with Crippen molar-refractivity contribution in [2.45, 2.75) is 58.3 Å². The molecule has 0 unspecified atom stereocenters. The zero-order valence-corrected chi connectivity index (χ0v) is 9.96. The van der Waals surface area contributed by atoms with Crippen molar-refractivity contribution in [3.63, 3.8) is 0 Å².